The van der Waals surface area contributed by atoms with E-state index in [1.165, 1.54) is 11.8 Å². The number of amides is 1. The molecule has 0 bridgehead atoms. The molecule has 1 atom stereocenters. The summed E-state index contributed by atoms with van der Waals surface area (Å²) >= 11 is 6.45. The van der Waals surface area contributed by atoms with Crippen LogP contribution < -0.4 is 20.9 Å². The third-order valence-electron chi connectivity index (χ3n) is 3.57. The van der Waals surface area contributed by atoms with E-state index in [1.54, 1.807) is 7.11 Å². The zero-order valence-electron chi connectivity index (χ0n) is 13.8. The molecule has 0 spiro atoms. The second kappa shape index (κ2) is 9.25. The fourth-order valence-corrected chi connectivity index (χ4v) is 5.78. The lowest BCUT2D eigenvalue weighted by molar-refractivity contribution is -0.119. The number of hydrogen-bond acceptors (Lipinski definition) is 6. The van der Waals surface area contributed by atoms with Gasteiger partial charge in [0.2, 0.25) is 5.91 Å². The molecule has 1 aliphatic heterocycles. The number of thioether (sulfide) groups is 1. The van der Waals surface area contributed by atoms with Gasteiger partial charge < -0.3 is 10.1 Å². The normalized spacial score (nSPS) is 18.4. The number of hydrogen-bond donors (Lipinski definition) is 3. The van der Waals surface area contributed by atoms with E-state index in [0.717, 1.165) is 11.3 Å². The van der Waals surface area contributed by atoms with E-state index in [2.05, 4.69) is 16.2 Å². The van der Waals surface area contributed by atoms with Gasteiger partial charge in [0.15, 0.2) is 14.9 Å². The highest BCUT2D eigenvalue weighted by molar-refractivity contribution is 8.02. The quantitative estimate of drug-likeness (QED) is 0.470. The molecule has 1 aromatic carbocycles. The van der Waals surface area contributed by atoms with Gasteiger partial charge in [-0.2, -0.15) is 0 Å². The lowest BCUT2D eigenvalue weighted by Gasteiger charge is -2.12. The third-order valence-corrected chi connectivity index (χ3v) is 7.10. The molecule has 25 heavy (non-hydrogen) atoms. The number of benzene rings is 1. The number of thiocarbonyl (C=S) groups is 1. The fraction of sp³-hybridized carbons (Fsp3) is 0.467. The molecule has 138 valence electrons. The minimum Gasteiger partial charge on any atom is -0.497 e. The molecule has 1 saturated heterocycles. The van der Waals surface area contributed by atoms with Crippen LogP contribution in [0.4, 0.5) is 0 Å². The summed E-state index contributed by atoms with van der Waals surface area (Å²) in [5.41, 5.74) is 6.15. The van der Waals surface area contributed by atoms with Gasteiger partial charge in [-0.25, -0.2) is 8.42 Å². The average molecular weight is 404 g/mol. The predicted molar refractivity (Wildman–Crippen MR) is 103 cm³/mol. The van der Waals surface area contributed by atoms with Crippen LogP contribution in [0.25, 0.3) is 0 Å². The highest BCUT2D eigenvalue weighted by Gasteiger charge is 2.28. The zero-order chi connectivity index (χ0) is 18.3. The topological polar surface area (TPSA) is 96.5 Å². The van der Waals surface area contributed by atoms with E-state index in [9.17, 15) is 13.2 Å². The van der Waals surface area contributed by atoms with Crippen LogP contribution in [0.1, 0.15) is 12.0 Å². The van der Waals surface area contributed by atoms with Crippen molar-refractivity contribution in [3.63, 3.8) is 0 Å². The van der Waals surface area contributed by atoms with Crippen molar-refractivity contribution >= 4 is 44.8 Å². The Hall–Kier alpha value is -1.52. The van der Waals surface area contributed by atoms with Crippen molar-refractivity contribution in [1.29, 1.82) is 0 Å². The van der Waals surface area contributed by atoms with Gasteiger partial charge in [-0.1, -0.05) is 12.1 Å². The molecular formula is C15H21N3O4S3. The van der Waals surface area contributed by atoms with Crippen LogP contribution in [0.15, 0.2) is 24.3 Å². The zero-order valence-corrected chi connectivity index (χ0v) is 16.2. The van der Waals surface area contributed by atoms with Crippen LogP contribution >= 0.6 is 24.0 Å². The number of carbonyl (C=O) groups is 1. The first kappa shape index (κ1) is 19.8. The van der Waals surface area contributed by atoms with E-state index < -0.39 is 9.84 Å². The van der Waals surface area contributed by atoms with Gasteiger partial charge >= 0.3 is 0 Å². The molecule has 1 aliphatic rings. The van der Waals surface area contributed by atoms with Crippen LogP contribution in [-0.2, 0) is 21.2 Å². The highest BCUT2D eigenvalue weighted by Crippen LogP contribution is 2.23. The monoisotopic (exact) mass is 403 g/mol. The number of sulfone groups is 1. The summed E-state index contributed by atoms with van der Waals surface area (Å²) in [6.45, 7) is 0.514. The largest absolute Gasteiger partial charge is 0.497 e. The summed E-state index contributed by atoms with van der Waals surface area (Å²) in [7, 11) is -1.30. The van der Waals surface area contributed by atoms with E-state index in [0.29, 0.717) is 18.1 Å². The van der Waals surface area contributed by atoms with Gasteiger partial charge in [0.25, 0.3) is 0 Å². The molecule has 2 rings (SSSR count). The lowest BCUT2D eigenvalue weighted by atomic mass is 10.2. The first-order chi connectivity index (χ1) is 11.9. The molecule has 0 radical (unpaired) electrons. The smallest absolute Gasteiger partial charge is 0.248 e. The Morgan fingerprint density at radius 1 is 1.32 bits per heavy atom. The molecule has 0 unspecified atom stereocenters. The van der Waals surface area contributed by atoms with Crippen molar-refractivity contribution in [3.8, 4) is 5.75 Å². The van der Waals surface area contributed by atoms with Gasteiger partial charge in [-0.3, -0.25) is 15.6 Å². The maximum atomic E-state index is 11.8. The number of carbonyl (C=O) groups excluding carboxylic acids is 1. The molecule has 10 heteroatoms. The first-order valence-corrected chi connectivity index (χ1v) is 10.9. The molecule has 0 aromatic heterocycles. The van der Waals surface area contributed by atoms with Crippen molar-refractivity contribution in [1.82, 2.24) is 16.2 Å². The summed E-state index contributed by atoms with van der Waals surface area (Å²) in [5, 5.41) is 3.28. The van der Waals surface area contributed by atoms with Crippen LogP contribution in [0, 0.1) is 0 Å². The Bertz CT molecular complexity index is 707. The van der Waals surface area contributed by atoms with Crippen LogP contribution in [-0.4, -0.2) is 49.1 Å². The molecular weight excluding hydrogens is 382 g/mol. The predicted octanol–water partition coefficient (Wildman–Crippen LogP) is 0.611. The van der Waals surface area contributed by atoms with E-state index in [1.807, 2.05) is 24.3 Å². The van der Waals surface area contributed by atoms with Crippen molar-refractivity contribution in [3.05, 3.63) is 29.8 Å². The van der Waals surface area contributed by atoms with Crippen LogP contribution in [0.5, 0.6) is 5.75 Å². The number of ether oxygens (including phenoxy) is 1. The Labute approximate surface area is 157 Å². The molecule has 1 fully saturated rings. The van der Waals surface area contributed by atoms with Gasteiger partial charge in [0.05, 0.1) is 24.4 Å². The molecule has 3 N–H and O–H groups in total. The molecule has 1 amide bonds. The Kier molecular flexibility index (Phi) is 7.33. The second-order valence-corrected chi connectivity index (χ2v) is 9.47. The van der Waals surface area contributed by atoms with Crippen LogP contribution in [0.3, 0.4) is 0 Å². The maximum Gasteiger partial charge on any atom is 0.248 e. The summed E-state index contributed by atoms with van der Waals surface area (Å²) in [5.74, 6) is 1.09. The second-order valence-electron chi connectivity index (χ2n) is 5.54. The molecule has 7 nitrogen and oxygen atoms in total. The standard InChI is InChI=1S/C15H21N3O4S3/c1-22-12-4-2-11(3-5-12)8-16-15(23)18-17-14(19)9-24-13-6-7-25(20,21)10-13/h2-5,13H,6-10H2,1H3,(H,17,19)(H2,16,18,23)/t13-/m1/s1. The number of hydrazine groups is 1. The summed E-state index contributed by atoms with van der Waals surface area (Å²) in [6.07, 6.45) is 0.607. The van der Waals surface area contributed by atoms with Crippen molar-refractivity contribution in [2.75, 3.05) is 24.4 Å². The van der Waals surface area contributed by atoms with Gasteiger partial charge in [0, 0.05) is 11.8 Å². The summed E-state index contributed by atoms with van der Waals surface area (Å²) in [4.78, 5) is 11.8. The summed E-state index contributed by atoms with van der Waals surface area (Å²) in [6, 6.07) is 7.55. The Balaban J connectivity index is 1.61. The van der Waals surface area contributed by atoms with Crippen LogP contribution in [0.2, 0.25) is 0 Å². The minimum absolute atomic E-state index is 0.00380. The lowest BCUT2D eigenvalue weighted by Crippen LogP contribution is -2.47. The number of rotatable bonds is 6. The molecule has 1 heterocycles. The average Bonchev–Trinajstić information content (AvgIpc) is 2.95. The third kappa shape index (κ3) is 7.09. The van der Waals surface area contributed by atoms with E-state index in [-0.39, 0.29) is 28.4 Å². The van der Waals surface area contributed by atoms with Gasteiger partial charge in [0.1, 0.15) is 5.75 Å². The van der Waals surface area contributed by atoms with Gasteiger partial charge in [-0.15, -0.1) is 11.8 Å². The first-order valence-electron chi connectivity index (χ1n) is 7.65. The Morgan fingerprint density at radius 2 is 2.04 bits per heavy atom. The van der Waals surface area contributed by atoms with E-state index in [4.69, 9.17) is 17.0 Å². The number of nitrogens with one attached hydrogen (secondary N) is 3. The molecule has 1 aromatic rings. The van der Waals surface area contributed by atoms with Crippen molar-refractivity contribution < 1.29 is 17.9 Å². The van der Waals surface area contributed by atoms with Gasteiger partial charge in [-0.05, 0) is 36.3 Å². The highest BCUT2D eigenvalue weighted by atomic mass is 32.2. The molecule has 0 saturated carbocycles. The minimum atomic E-state index is -2.91. The molecule has 0 aliphatic carbocycles. The van der Waals surface area contributed by atoms with Crippen molar-refractivity contribution in [2.45, 2.75) is 18.2 Å². The Morgan fingerprint density at radius 3 is 2.64 bits per heavy atom. The fourth-order valence-electron chi connectivity index (χ4n) is 2.22. The summed E-state index contributed by atoms with van der Waals surface area (Å²) < 4.78 is 27.8. The van der Waals surface area contributed by atoms with E-state index >= 15 is 0 Å². The maximum absolute atomic E-state index is 11.8. The van der Waals surface area contributed by atoms with Crippen molar-refractivity contribution in [2.24, 2.45) is 0 Å². The SMILES string of the molecule is COc1ccc(CNC(=S)NNC(=O)CS[C@@H]2CCS(=O)(=O)C2)cc1. The number of methoxy groups -OCH3 is 1.